The molecule has 0 spiro atoms. The number of hydrogen-bond donors (Lipinski definition) is 2. The predicted molar refractivity (Wildman–Crippen MR) is 82.0 cm³/mol. The first kappa shape index (κ1) is 13.0. The summed E-state index contributed by atoms with van der Waals surface area (Å²) >= 11 is 0. The third-order valence-electron chi connectivity index (χ3n) is 4.14. The molecule has 0 bridgehead atoms. The number of urea groups is 1. The molecule has 0 radical (unpaired) electrons. The molecule has 3 aliphatic heterocycles. The van der Waals surface area contributed by atoms with Crippen molar-refractivity contribution in [1.29, 1.82) is 0 Å². The number of hydrazone groups is 1. The molecule has 1 atom stereocenters. The first-order valence-electron chi connectivity index (χ1n) is 7.27. The Morgan fingerprint density at radius 1 is 1.32 bits per heavy atom. The third kappa shape index (κ3) is 1.89. The standard InChI is InChI=1S/C15H15N5O2/c1-8-6-12(21)18-19-13(8)9-2-3-10-11(7-9)17-15(22)20-5-4-16-14(10)20/h2-3,7-8H,4-6H2,1H3,(H,17,22)(H,18,21). The summed E-state index contributed by atoms with van der Waals surface area (Å²) in [4.78, 5) is 29.5. The summed E-state index contributed by atoms with van der Waals surface area (Å²) in [6.07, 6.45) is 0.419. The van der Waals surface area contributed by atoms with Crippen molar-refractivity contribution in [3.05, 3.63) is 29.3 Å². The zero-order valence-electron chi connectivity index (χ0n) is 12.1. The maximum Gasteiger partial charge on any atom is 0.327 e. The fourth-order valence-corrected chi connectivity index (χ4v) is 3.06. The number of amidine groups is 1. The van der Waals surface area contributed by atoms with E-state index in [0.29, 0.717) is 19.5 Å². The average molecular weight is 297 g/mol. The van der Waals surface area contributed by atoms with Crippen LogP contribution in [-0.4, -0.2) is 41.5 Å². The van der Waals surface area contributed by atoms with Crippen LogP contribution in [0.15, 0.2) is 28.3 Å². The third-order valence-corrected chi connectivity index (χ3v) is 4.14. The van der Waals surface area contributed by atoms with Crippen LogP contribution < -0.4 is 10.7 Å². The zero-order valence-corrected chi connectivity index (χ0v) is 12.1. The second kappa shape index (κ2) is 4.66. The Balaban J connectivity index is 1.75. The van der Waals surface area contributed by atoms with E-state index in [1.165, 1.54) is 0 Å². The number of fused-ring (bicyclic) bond motifs is 3. The number of nitrogens with zero attached hydrogens (tertiary/aromatic N) is 3. The van der Waals surface area contributed by atoms with Crippen LogP contribution in [0, 0.1) is 5.92 Å². The van der Waals surface area contributed by atoms with Crippen molar-refractivity contribution in [2.24, 2.45) is 16.0 Å². The minimum absolute atomic E-state index is 0.0476. The van der Waals surface area contributed by atoms with Crippen molar-refractivity contribution in [3.8, 4) is 0 Å². The second-order valence-corrected chi connectivity index (χ2v) is 5.68. The van der Waals surface area contributed by atoms with Gasteiger partial charge in [0.05, 0.1) is 17.9 Å². The van der Waals surface area contributed by atoms with Crippen LogP contribution in [0.2, 0.25) is 0 Å². The van der Waals surface area contributed by atoms with Crippen molar-refractivity contribution in [1.82, 2.24) is 10.3 Å². The molecular formula is C15H15N5O2. The van der Waals surface area contributed by atoms with Gasteiger partial charge in [-0.15, -0.1) is 0 Å². The Morgan fingerprint density at radius 3 is 3.00 bits per heavy atom. The molecule has 22 heavy (non-hydrogen) atoms. The van der Waals surface area contributed by atoms with Crippen LogP contribution in [0.1, 0.15) is 24.5 Å². The van der Waals surface area contributed by atoms with E-state index in [1.807, 2.05) is 25.1 Å². The molecule has 7 nitrogen and oxygen atoms in total. The normalized spacial score (nSPS) is 23.1. The number of benzene rings is 1. The number of aliphatic imine (C=N–C) groups is 1. The summed E-state index contributed by atoms with van der Waals surface area (Å²) in [6.45, 7) is 3.23. The van der Waals surface area contributed by atoms with Gasteiger partial charge >= 0.3 is 6.03 Å². The number of carbonyl (C=O) groups is 2. The molecule has 1 aromatic rings. The van der Waals surface area contributed by atoms with Crippen molar-refractivity contribution in [2.45, 2.75) is 13.3 Å². The Morgan fingerprint density at radius 2 is 2.18 bits per heavy atom. The molecule has 0 fully saturated rings. The zero-order chi connectivity index (χ0) is 15.3. The smallest absolute Gasteiger partial charge is 0.307 e. The molecular weight excluding hydrogens is 282 g/mol. The van der Waals surface area contributed by atoms with Gasteiger partial charge in [0, 0.05) is 30.0 Å². The Kier molecular flexibility index (Phi) is 2.75. The van der Waals surface area contributed by atoms with Gasteiger partial charge < -0.3 is 5.32 Å². The maximum atomic E-state index is 12.1. The Labute approximate surface area is 127 Å². The van der Waals surface area contributed by atoms with Crippen molar-refractivity contribution >= 4 is 29.2 Å². The van der Waals surface area contributed by atoms with E-state index >= 15 is 0 Å². The molecule has 1 unspecified atom stereocenters. The van der Waals surface area contributed by atoms with Crippen LogP contribution >= 0.6 is 0 Å². The highest BCUT2D eigenvalue weighted by Crippen LogP contribution is 2.28. The predicted octanol–water partition coefficient (Wildman–Crippen LogP) is 1.15. The van der Waals surface area contributed by atoms with Crippen LogP contribution in [0.5, 0.6) is 0 Å². The number of amides is 3. The molecule has 0 saturated heterocycles. The molecule has 0 aromatic heterocycles. The van der Waals surface area contributed by atoms with Crippen LogP contribution in [0.25, 0.3) is 0 Å². The highest BCUT2D eigenvalue weighted by molar-refractivity contribution is 6.20. The number of nitrogens with one attached hydrogen (secondary N) is 2. The largest absolute Gasteiger partial charge is 0.327 e. The summed E-state index contributed by atoms with van der Waals surface area (Å²) in [5.41, 5.74) is 5.91. The summed E-state index contributed by atoms with van der Waals surface area (Å²) < 4.78 is 0. The monoisotopic (exact) mass is 297 g/mol. The van der Waals surface area contributed by atoms with Crippen molar-refractivity contribution in [3.63, 3.8) is 0 Å². The minimum Gasteiger partial charge on any atom is -0.307 e. The first-order chi connectivity index (χ1) is 10.6. The van der Waals surface area contributed by atoms with Gasteiger partial charge in [0.15, 0.2) is 0 Å². The van der Waals surface area contributed by atoms with Gasteiger partial charge in [-0.1, -0.05) is 13.0 Å². The summed E-state index contributed by atoms with van der Waals surface area (Å²) in [5, 5.41) is 7.06. The first-order valence-corrected chi connectivity index (χ1v) is 7.27. The van der Waals surface area contributed by atoms with E-state index in [4.69, 9.17) is 0 Å². The molecule has 112 valence electrons. The SMILES string of the molecule is CC1CC(=O)NN=C1c1ccc2c(c1)NC(=O)N1CCN=C21. The van der Waals surface area contributed by atoms with Gasteiger partial charge in [-0.05, 0) is 12.1 Å². The van der Waals surface area contributed by atoms with Crippen LogP contribution in [-0.2, 0) is 4.79 Å². The summed E-state index contributed by atoms with van der Waals surface area (Å²) in [6, 6.07) is 5.67. The van der Waals surface area contributed by atoms with Crippen molar-refractivity contribution < 1.29 is 9.59 Å². The molecule has 3 amide bonds. The van der Waals surface area contributed by atoms with Crippen molar-refractivity contribution in [2.75, 3.05) is 18.4 Å². The summed E-state index contributed by atoms with van der Waals surface area (Å²) in [5.74, 6) is 0.710. The van der Waals surface area contributed by atoms with E-state index in [-0.39, 0.29) is 17.9 Å². The van der Waals surface area contributed by atoms with E-state index < -0.39 is 0 Å². The van der Waals surface area contributed by atoms with Gasteiger partial charge in [-0.25, -0.2) is 10.2 Å². The number of hydrogen-bond acceptors (Lipinski definition) is 4. The molecule has 4 rings (SSSR count). The number of anilines is 1. The van der Waals surface area contributed by atoms with Gasteiger partial charge in [0.25, 0.3) is 0 Å². The molecule has 3 heterocycles. The lowest BCUT2D eigenvalue weighted by atomic mass is 9.92. The van der Waals surface area contributed by atoms with Crippen LogP contribution in [0.4, 0.5) is 10.5 Å². The highest BCUT2D eigenvalue weighted by Gasteiger charge is 2.32. The van der Waals surface area contributed by atoms with Gasteiger partial charge in [0.2, 0.25) is 5.91 Å². The molecule has 7 heteroatoms. The lowest BCUT2D eigenvalue weighted by Crippen LogP contribution is -2.42. The van der Waals surface area contributed by atoms with E-state index in [1.54, 1.807) is 4.90 Å². The minimum atomic E-state index is -0.146. The average Bonchev–Trinajstić information content (AvgIpc) is 2.97. The van der Waals surface area contributed by atoms with Gasteiger partial charge in [0.1, 0.15) is 5.84 Å². The molecule has 0 saturated carbocycles. The van der Waals surface area contributed by atoms with E-state index in [9.17, 15) is 9.59 Å². The number of carbonyl (C=O) groups excluding carboxylic acids is 2. The topological polar surface area (TPSA) is 86.2 Å². The number of rotatable bonds is 1. The summed E-state index contributed by atoms with van der Waals surface area (Å²) in [7, 11) is 0. The second-order valence-electron chi connectivity index (χ2n) is 5.68. The highest BCUT2D eigenvalue weighted by atomic mass is 16.2. The molecule has 3 aliphatic rings. The molecule has 2 N–H and O–H groups in total. The van der Waals surface area contributed by atoms with Crippen LogP contribution in [0.3, 0.4) is 0 Å². The molecule has 0 aliphatic carbocycles. The lowest BCUT2D eigenvalue weighted by molar-refractivity contribution is -0.121. The fraction of sp³-hybridized carbons (Fsp3) is 0.333. The Bertz CT molecular complexity index is 752. The van der Waals surface area contributed by atoms with Gasteiger partial charge in [-0.2, -0.15) is 5.10 Å². The fourth-order valence-electron chi connectivity index (χ4n) is 3.06. The van der Waals surface area contributed by atoms with E-state index in [2.05, 4.69) is 20.8 Å². The molecule has 1 aromatic carbocycles. The maximum absolute atomic E-state index is 12.1. The Hall–Kier alpha value is -2.70. The van der Waals surface area contributed by atoms with E-state index in [0.717, 1.165) is 28.4 Å². The van der Waals surface area contributed by atoms with Gasteiger partial charge in [-0.3, -0.25) is 14.7 Å². The quantitative estimate of drug-likeness (QED) is 0.815. The lowest BCUT2D eigenvalue weighted by Gasteiger charge is -2.27.